The molecular weight excluding hydrogens is 550 g/mol. The van der Waals surface area contributed by atoms with Crippen molar-refractivity contribution in [3.05, 3.63) is 58.9 Å². The normalized spacial score (nSPS) is 21.1. The summed E-state index contributed by atoms with van der Waals surface area (Å²) >= 11 is 1.63. The molecule has 8 heteroatoms. The molecule has 2 saturated heterocycles. The van der Waals surface area contributed by atoms with Crippen LogP contribution in [0.2, 0.25) is 0 Å². The van der Waals surface area contributed by atoms with Crippen molar-refractivity contribution in [3.8, 4) is 0 Å². The van der Waals surface area contributed by atoms with Crippen molar-refractivity contribution in [3.63, 3.8) is 0 Å². The SMILES string of the molecule is [B]N1CCCC1CCCc1nc[c-]s1.[B]N1CCCC1Cc1cccc(C[CH2-])c1.[Y].[Y]. The summed E-state index contributed by atoms with van der Waals surface area (Å²) in [4.78, 5) is 8.19. The van der Waals surface area contributed by atoms with Gasteiger partial charge >= 0.3 is 0 Å². The van der Waals surface area contributed by atoms with Gasteiger partial charge in [-0.25, -0.2) is 0 Å². The van der Waals surface area contributed by atoms with Crippen LogP contribution in [-0.2, 0) is 84.7 Å². The third-order valence-corrected chi connectivity index (χ3v) is 6.73. The Morgan fingerprint density at radius 1 is 1.06 bits per heavy atom. The van der Waals surface area contributed by atoms with Crippen molar-refractivity contribution in [2.45, 2.75) is 69.9 Å². The minimum atomic E-state index is 0. The number of rotatable bonds is 7. The van der Waals surface area contributed by atoms with E-state index in [9.17, 15) is 0 Å². The van der Waals surface area contributed by atoms with Gasteiger partial charge in [0, 0.05) is 71.5 Å². The van der Waals surface area contributed by atoms with Crippen molar-refractivity contribution < 1.29 is 65.4 Å². The van der Waals surface area contributed by atoms with E-state index in [2.05, 4.69) is 41.6 Å². The average Bonchev–Trinajstić information content (AvgIpc) is 3.48. The molecule has 4 rings (SSSR count). The van der Waals surface area contributed by atoms with Gasteiger partial charge in [-0.1, -0.05) is 53.9 Å². The molecule has 2 aliphatic rings. The number of aryl methyl sites for hydroxylation is 1. The second-order valence-corrected chi connectivity index (χ2v) is 9.02. The van der Waals surface area contributed by atoms with Gasteiger partial charge in [-0.15, -0.1) is 0 Å². The smallest absolute Gasteiger partial charge is 0.182 e. The number of hydrogen-bond donors (Lipinski definition) is 0. The van der Waals surface area contributed by atoms with Crippen LogP contribution in [-0.4, -0.2) is 55.7 Å². The zero-order valence-corrected chi connectivity index (χ0v) is 25.1. The van der Waals surface area contributed by atoms with E-state index in [4.69, 9.17) is 16.0 Å². The van der Waals surface area contributed by atoms with Crippen LogP contribution in [0.3, 0.4) is 0 Å². The Kier molecular flexibility index (Phi) is 16.2. The second kappa shape index (κ2) is 16.7. The molecule has 158 valence electrons. The summed E-state index contributed by atoms with van der Waals surface area (Å²) in [5, 5.41) is 4.21. The summed E-state index contributed by atoms with van der Waals surface area (Å²) in [7, 11) is 11.8. The van der Waals surface area contributed by atoms with Crippen molar-refractivity contribution in [1.29, 1.82) is 0 Å². The van der Waals surface area contributed by atoms with Crippen LogP contribution >= 0.6 is 11.3 Å². The number of aromatic nitrogens is 1. The molecule has 0 saturated carbocycles. The molecule has 2 aliphatic heterocycles. The van der Waals surface area contributed by atoms with Gasteiger partial charge in [0.25, 0.3) is 0 Å². The summed E-state index contributed by atoms with van der Waals surface area (Å²) < 4.78 is 0. The Labute approximate surface area is 246 Å². The Morgan fingerprint density at radius 2 is 1.74 bits per heavy atom. The quantitative estimate of drug-likeness (QED) is 0.365. The molecule has 0 aliphatic carbocycles. The van der Waals surface area contributed by atoms with Gasteiger partial charge < -0.3 is 32.9 Å². The van der Waals surface area contributed by atoms with Gasteiger partial charge in [0.1, 0.15) is 0 Å². The number of thiazole rings is 1. The maximum atomic E-state index is 5.92. The molecule has 3 heterocycles. The molecule has 0 spiro atoms. The van der Waals surface area contributed by atoms with Gasteiger partial charge in [0.15, 0.2) is 16.0 Å². The van der Waals surface area contributed by atoms with E-state index in [0.717, 1.165) is 32.4 Å². The summed E-state index contributed by atoms with van der Waals surface area (Å²) in [6.07, 6.45) is 12.2. The Hall–Kier alpha value is 1.11. The van der Waals surface area contributed by atoms with Crippen LogP contribution in [0.4, 0.5) is 0 Å². The van der Waals surface area contributed by atoms with Crippen molar-refractivity contribution in [2.24, 2.45) is 0 Å². The van der Waals surface area contributed by atoms with Gasteiger partial charge in [-0.2, -0.15) is 11.8 Å². The summed E-state index contributed by atoms with van der Waals surface area (Å²) in [5.41, 5.74) is 2.70. The number of hydrogen-bond acceptors (Lipinski definition) is 4. The van der Waals surface area contributed by atoms with E-state index in [-0.39, 0.29) is 65.4 Å². The molecule has 0 N–H and O–H groups in total. The number of nitrogens with zero attached hydrogens (tertiary/aromatic N) is 3. The van der Waals surface area contributed by atoms with E-state index < -0.39 is 0 Å². The molecule has 2 atom stereocenters. The maximum absolute atomic E-state index is 5.92. The van der Waals surface area contributed by atoms with Crippen LogP contribution in [0.25, 0.3) is 0 Å². The fourth-order valence-electron chi connectivity index (χ4n) is 4.25. The van der Waals surface area contributed by atoms with E-state index in [1.165, 1.54) is 54.7 Å². The van der Waals surface area contributed by atoms with E-state index >= 15 is 0 Å². The van der Waals surface area contributed by atoms with Gasteiger partial charge in [-0.05, 0) is 63.2 Å². The van der Waals surface area contributed by atoms with E-state index in [1.807, 2.05) is 9.62 Å². The predicted molar refractivity (Wildman–Crippen MR) is 124 cm³/mol. The molecule has 2 fully saturated rings. The van der Waals surface area contributed by atoms with E-state index in [0.29, 0.717) is 12.1 Å². The first-order valence-corrected chi connectivity index (χ1v) is 11.7. The van der Waals surface area contributed by atoms with Crippen molar-refractivity contribution >= 4 is 27.3 Å². The molecule has 2 unspecified atom stereocenters. The van der Waals surface area contributed by atoms with Crippen LogP contribution in [0.5, 0.6) is 0 Å². The third kappa shape index (κ3) is 10.5. The van der Waals surface area contributed by atoms with Gasteiger partial charge in [0.05, 0.1) is 0 Å². The Balaban J connectivity index is 0.000000292. The summed E-state index contributed by atoms with van der Waals surface area (Å²) in [5.74, 6) is 0. The minimum absolute atomic E-state index is 0. The molecule has 31 heavy (non-hydrogen) atoms. The van der Waals surface area contributed by atoms with Crippen molar-refractivity contribution in [2.75, 3.05) is 13.1 Å². The van der Waals surface area contributed by atoms with Crippen LogP contribution < -0.4 is 0 Å². The fraction of sp³-hybridized carbons (Fsp3) is 0.565. The second-order valence-electron chi connectivity index (χ2n) is 8.11. The van der Waals surface area contributed by atoms with Gasteiger partial charge in [-0.3, -0.25) is 0 Å². The number of benzene rings is 1. The van der Waals surface area contributed by atoms with Crippen LogP contribution in [0.1, 0.15) is 54.7 Å². The summed E-state index contributed by atoms with van der Waals surface area (Å²) in [6, 6.07) is 9.82. The standard InChI is InChI=1S/C13H17BN.C10H14BN2S.2Y/c1-2-11-5-3-6-12(9-11)10-13-7-4-8-15(13)14;11-13-7-2-4-9(13)3-1-5-10-12-6-8-14-10;;/h3,5-6,9,13H,1-2,4,7-8,10H2;6,9H,1-5,7H2;;/q2*-1;;. The molecule has 3 nitrogen and oxygen atoms in total. The molecular formula is C23H31B2N3SY2-2. The predicted octanol–water partition coefficient (Wildman–Crippen LogP) is 3.96. The first kappa shape index (κ1) is 30.1. The van der Waals surface area contributed by atoms with Crippen LogP contribution in [0.15, 0.2) is 30.5 Å². The Bertz CT molecular complexity index is 721. The fourth-order valence-corrected chi connectivity index (χ4v) is 4.85. The third-order valence-electron chi connectivity index (χ3n) is 5.96. The van der Waals surface area contributed by atoms with Gasteiger partial charge in [0.2, 0.25) is 0 Å². The zero-order valence-electron chi connectivity index (χ0n) is 18.6. The molecule has 0 bridgehead atoms. The van der Waals surface area contributed by atoms with Crippen LogP contribution in [0, 0.1) is 12.3 Å². The molecule has 1 aromatic carbocycles. The Morgan fingerprint density at radius 3 is 2.32 bits per heavy atom. The maximum Gasteiger partial charge on any atom is 0.182 e. The first-order chi connectivity index (χ1) is 14.2. The molecule has 1 aromatic heterocycles. The van der Waals surface area contributed by atoms with Crippen molar-refractivity contribution in [1.82, 2.24) is 14.6 Å². The monoisotopic (exact) mass is 581 g/mol. The molecule has 0 amide bonds. The molecule has 2 aromatic rings. The minimum Gasteiger partial charge on any atom is -0.364 e. The van der Waals surface area contributed by atoms with E-state index in [1.54, 1.807) is 17.5 Å². The zero-order chi connectivity index (χ0) is 20.5. The largest absolute Gasteiger partial charge is 0.364 e. The molecule has 6 radical (unpaired) electrons. The summed E-state index contributed by atoms with van der Waals surface area (Å²) in [6.45, 7) is 6.02. The average molecular weight is 581 g/mol. The topological polar surface area (TPSA) is 19.4 Å². The first-order valence-electron chi connectivity index (χ1n) is 10.9.